The lowest BCUT2D eigenvalue weighted by atomic mass is 10.2. The van der Waals surface area contributed by atoms with Gasteiger partial charge in [0.1, 0.15) is 5.60 Å². The Hall–Kier alpha value is 0.240. The Morgan fingerprint density at radius 2 is 1.78 bits per heavy atom. The van der Waals surface area contributed by atoms with Gasteiger partial charge in [0.25, 0.3) is 0 Å². The van der Waals surface area contributed by atoms with Gasteiger partial charge in [-0.05, 0) is 20.8 Å². The smallest absolute Gasteiger partial charge is 0.404 e. The number of hydrogen-bond acceptors (Lipinski definition) is 2. The lowest BCUT2D eigenvalue weighted by Gasteiger charge is -2.16. The molecule has 2 nitrogen and oxygen atoms in total. The van der Waals surface area contributed by atoms with Crippen LogP contribution in [0.15, 0.2) is 0 Å². The third kappa shape index (κ3) is 11.7. The van der Waals surface area contributed by atoms with Crippen LogP contribution in [0, 0.1) is 0 Å². The average molecular weight is 217 g/mol. The molecule has 9 heavy (non-hydrogen) atoms. The highest BCUT2D eigenvalue weighted by molar-refractivity contribution is 8.93. The lowest BCUT2D eigenvalue weighted by molar-refractivity contribution is 0.0725. The molecule has 0 amide bonds. The van der Waals surface area contributed by atoms with E-state index in [-0.39, 0.29) is 17.0 Å². The van der Waals surface area contributed by atoms with Crippen LogP contribution in [0.2, 0.25) is 0 Å². The third-order valence-corrected chi connectivity index (χ3v) is 0.464. The highest BCUT2D eigenvalue weighted by Gasteiger charge is 2.13. The predicted octanol–water partition coefficient (Wildman–Crippen LogP) is 2.74. The molecular weight excluding hydrogens is 207 g/mol. The SMILES string of the molecule is Br.CC(C)(C)OC(=O)Cl. The van der Waals surface area contributed by atoms with Crippen LogP contribution >= 0.6 is 28.6 Å². The van der Waals surface area contributed by atoms with Gasteiger partial charge in [-0.25, -0.2) is 4.79 Å². The van der Waals surface area contributed by atoms with Gasteiger partial charge < -0.3 is 4.74 Å². The molecule has 0 aliphatic rings. The minimum absolute atomic E-state index is 0. The molecule has 0 unspecified atom stereocenters. The number of hydrogen-bond donors (Lipinski definition) is 0. The van der Waals surface area contributed by atoms with E-state index in [2.05, 4.69) is 4.74 Å². The van der Waals surface area contributed by atoms with E-state index in [1.54, 1.807) is 20.8 Å². The first-order chi connectivity index (χ1) is 3.42. The van der Waals surface area contributed by atoms with Crippen molar-refractivity contribution < 1.29 is 9.53 Å². The molecular formula is C5H10BrClO2. The Kier molecular flexibility index (Phi) is 5.48. The van der Waals surface area contributed by atoms with Gasteiger partial charge >= 0.3 is 5.43 Å². The fraction of sp³-hybridized carbons (Fsp3) is 0.800. The van der Waals surface area contributed by atoms with Gasteiger partial charge in [0.05, 0.1) is 0 Å². The Labute approximate surface area is 70.3 Å². The van der Waals surface area contributed by atoms with E-state index in [9.17, 15) is 4.79 Å². The Morgan fingerprint density at radius 3 is 1.78 bits per heavy atom. The van der Waals surface area contributed by atoms with Crippen LogP contribution in [0.4, 0.5) is 4.79 Å². The zero-order valence-electron chi connectivity index (χ0n) is 5.60. The Bertz CT molecular complexity index is 97.6. The minimum atomic E-state index is -0.752. The van der Waals surface area contributed by atoms with Gasteiger partial charge in [-0.3, -0.25) is 0 Å². The van der Waals surface area contributed by atoms with Crippen LogP contribution in [-0.4, -0.2) is 11.0 Å². The largest absolute Gasteiger partial charge is 0.448 e. The van der Waals surface area contributed by atoms with E-state index >= 15 is 0 Å². The summed E-state index contributed by atoms with van der Waals surface area (Å²) in [6.45, 7) is 5.27. The molecule has 0 N–H and O–H groups in total. The Morgan fingerprint density at radius 1 is 1.44 bits per heavy atom. The molecule has 0 saturated carbocycles. The number of ether oxygens (including phenoxy) is 1. The highest BCUT2D eigenvalue weighted by Crippen LogP contribution is 2.08. The number of halogens is 2. The number of carbonyl (C=O) groups excluding carboxylic acids is 1. The van der Waals surface area contributed by atoms with E-state index in [1.807, 2.05) is 0 Å². The summed E-state index contributed by atoms with van der Waals surface area (Å²) in [5.74, 6) is 0. The summed E-state index contributed by atoms with van der Waals surface area (Å²) in [7, 11) is 0. The molecule has 56 valence electrons. The summed E-state index contributed by atoms with van der Waals surface area (Å²) < 4.78 is 4.56. The maximum Gasteiger partial charge on any atom is 0.404 e. The first-order valence-corrected chi connectivity index (χ1v) is 2.68. The molecule has 0 bridgehead atoms. The summed E-state index contributed by atoms with van der Waals surface area (Å²) in [4.78, 5) is 10.0. The molecule has 0 aliphatic carbocycles. The van der Waals surface area contributed by atoms with Crippen molar-refractivity contribution in [2.24, 2.45) is 0 Å². The topological polar surface area (TPSA) is 26.3 Å². The number of carbonyl (C=O) groups is 1. The summed E-state index contributed by atoms with van der Waals surface area (Å²) >= 11 is 4.90. The van der Waals surface area contributed by atoms with Gasteiger partial charge in [0.15, 0.2) is 0 Å². The summed E-state index contributed by atoms with van der Waals surface area (Å²) in [5.41, 5.74) is -1.21. The zero-order chi connectivity index (χ0) is 6.78. The average Bonchev–Trinajstić information content (AvgIpc) is 1.21. The van der Waals surface area contributed by atoms with Gasteiger partial charge in [-0.15, -0.1) is 17.0 Å². The molecule has 0 aromatic rings. The van der Waals surface area contributed by atoms with Gasteiger partial charge in [-0.1, -0.05) is 0 Å². The normalized spacial score (nSPS) is 9.78. The van der Waals surface area contributed by atoms with Crippen molar-refractivity contribution in [1.29, 1.82) is 0 Å². The second-order valence-corrected chi connectivity index (χ2v) is 2.76. The second-order valence-electron chi connectivity index (χ2n) is 2.45. The van der Waals surface area contributed by atoms with Crippen LogP contribution in [0.5, 0.6) is 0 Å². The van der Waals surface area contributed by atoms with Crippen LogP contribution < -0.4 is 0 Å². The van der Waals surface area contributed by atoms with Crippen LogP contribution in [0.1, 0.15) is 20.8 Å². The van der Waals surface area contributed by atoms with Crippen molar-refractivity contribution in [1.82, 2.24) is 0 Å². The van der Waals surface area contributed by atoms with Crippen LogP contribution in [-0.2, 0) is 4.74 Å². The maximum atomic E-state index is 10.0. The van der Waals surface area contributed by atoms with Crippen molar-refractivity contribution in [2.75, 3.05) is 0 Å². The van der Waals surface area contributed by atoms with E-state index in [0.717, 1.165) is 0 Å². The molecule has 4 heteroatoms. The molecule has 0 rings (SSSR count). The van der Waals surface area contributed by atoms with Crippen molar-refractivity contribution >= 4 is 34.0 Å². The second kappa shape index (κ2) is 4.12. The summed E-state index contributed by atoms with van der Waals surface area (Å²) in [6, 6.07) is 0. The molecule has 0 spiro atoms. The standard InChI is InChI=1S/C5H9ClO2.BrH/c1-5(2,3)8-4(6)7;/h1-3H3;1H. The van der Waals surface area contributed by atoms with Gasteiger partial charge in [-0.2, -0.15) is 0 Å². The molecule has 0 radical (unpaired) electrons. The molecule has 0 aromatic heterocycles. The fourth-order valence-corrected chi connectivity index (χ4v) is 0.472. The van der Waals surface area contributed by atoms with E-state index < -0.39 is 11.0 Å². The molecule has 0 aromatic carbocycles. The van der Waals surface area contributed by atoms with Crippen LogP contribution in [0.25, 0.3) is 0 Å². The number of rotatable bonds is 0. The highest BCUT2D eigenvalue weighted by atomic mass is 79.9. The molecule has 0 fully saturated rings. The molecule has 0 saturated heterocycles. The zero-order valence-corrected chi connectivity index (χ0v) is 8.07. The van der Waals surface area contributed by atoms with Crippen molar-refractivity contribution in [3.8, 4) is 0 Å². The molecule has 0 aliphatic heterocycles. The minimum Gasteiger partial charge on any atom is -0.448 e. The van der Waals surface area contributed by atoms with Crippen LogP contribution in [0.3, 0.4) is 0 Å². The fourth-order valence-electron chi connectivity index (χ4n) is 0.241. The lowest BCUT2D eigenvalue weighted by Crippen LogP contribution is -2.20. The quantitative estimate of drug-likeness (QED) is 0.583. The van der Waals surface area contributed by atoms with E-state index in [4.69, 9.17) is 11.6 Å². The van der Waals surface area contributed by atoms with Gasteiger partial charge in [0, 0.05) is 11.6 Å². The first kappa shape index (κ1) is 12.0. The summed E-state index contributed by atoms with van der Waals surface area (Å²) in [6.07, 6.45) is 0. The third-order valence-electron chi connectivity index (χ3n) is 0.386. The van der Waals surface area contributed by atoms with Crippen molar-refractivity contribution in [3.63, 3.8) is 0 Å². The molecule has 0 heterocycles. The monoisotopic (exact) mass is 216 g/mol. The van der Waals surface area contributed by atoms with E-state index in [1.165, 1.54) is 0 Å². The Balaban J connectivity index is 0. The predicted molar refractivity (Wildman–Crippen MR) is 42.4 cm³/mol. The first-order valence-electron chi connectivity index (χ1n) is 2.30. The van der Waals surface area contributed by atoms with Crippen molar-refractivity contribution in [2.45, 2.75) is 26.4 Å². The maximum absolute atomic E-state index is 10.0. The summed E-state index contributed by atoms with van der Waals surface area (Å²) in [5, 5.41) is 0. The van der Waals surface area contributed by atoms with E-state index in [0.29, 0.717) is 0 Å². The van der Waals surface area contributed by atoms with Crippen molar-refractivity contribution in [3.05, 3.63) is 0 Å². The molecule has 0 atom stereocenters. The van der Waals surface area contributed by atoms with Gasteiger partial charge in [0.2, 0.25) is 0 Å².